The standard InChI is InChI=1S/C34H35N5O5/c1-34(2,3)24-9-10-26-21(12-24)18-39(31(26)41)29-7-5-6-25(27(29)19-40)22-13-28(32(42)37(4)15-22)36-30-11-8-20(14-35-30)23-16-38(17-23)33(43)44/h5-15,23,40H,16-19H2,1-4H3,(H,35,36)(H,43,44). The largest absolute Gasteiger partial charge is 0.465 e. The second-order valence-corrected chi connectivity index (χ2v) is 12.5. The molecule has 1 saturated heterocycles. The number of fused-ring (bicyclic) bond motifs is 1. The Hall–Kier alpha value is -4.96. The molecule has 10 heteroatoms. The number of aryl methyl sites for hydroxylation is 1. The normalized spacial score (nSPS) is 14.9. The first-order valence-electron chi connectivity index (χ1n) is 14.5. The lowest BCUT2D eigenvalue weighted by atomic mass is 9.85. The maximum Gasteiger partial charge on any atom is 0.407 e. The first-order valence-corrected chi connectivity index (χ1v) is 14.5. The van der Waals surface area contributed by atoms with Crippen LogP contribution >= 0.6 is 0 Å². The van der Waals surface area contributed by atoms with Crippen LogP contribution in [0.3, 0.4) is 0 Å². The minimum Gasteiger partial charge on any atom is -0.465 e. The molecule has 0 unspecified atom stereocenters. The van der Waals surface area contributed by atoms with Crippen LogP contribution in [0.4, 0.5) is 22.0 Å². The molecule has 0 aliphatic carbocycles. The van der Waals surface area contributed by atoms with E-state index in [1.54, 1.807) is 36.5 Å². The van der Waals surface area contributed by atoms with Gasteiger partial charge in [0.25, 0.3) is 11.5 Å². The average molecular weight is 594 g/mol. The maximum absolute atomic E-state index is 13.5. The fourth-order valence-electron chi connectivity index (χ4n) is 5.90. The molecule has 4 heterocycles. The second-order valence-electron chi connectivity index (χ2n) is 12.5. The van der Waals surface area contributed by atoms with Gasteiger partial charge >= 0.3 is 6.09 Å². The van der Waals surface area contributed by atoms with Crippen molar-refractivity contribution < 1.29 is 19.8 Å². The third-order valence-corrected chi connectivity index (χ3v) is 8.54. The number of carbonyl (C=O) groups is 2. The number of hydrogen-bond donors (Lipinski definition) is 3. The summed E-state index contributed by atoms with van der Waals surface area (Å²) in [5, 5.41) is 22.8. The summed E-state index contributed by atoms with van der Waals surface area (Å²) in [6, 6.07) is 16.9. The van der Waals surface area contributed by atoms with Crippen molar-refractivity contribution in [1.29, 1.82) is 0 Å². The molecule has 6 rings (SSSR count). The van der Waals surface area contributed by atoms with E-state index in [0.29, 0.717) is 59.1 Å². The van der Waals surface area contributed by atoms with E-state index in [4.69, 9.17) is 5.11 Å². The number of likely N-dealkylation sites (tertiary alicyclic amines) is 1. The summed E-state index contributed by atoms with van der Waals surface area (Å²) in [6.45, 7) is 7.41. The van der Waals surface area contributed by atoms with E-state index in [9.17, 15) is 19.5 Å². The first kappa shape index (κ1) is 29.1. The predicted octanol–water partition coefficient (Wildman–Crippen LogP) is 5.22. The number of benzene rings is 2. The monoisotopic (exact) mass is 593 g/mol. The van der Waals surface area contributed by atoms with Crippen molar-refractivity contribution >= 4 is 29.2 Å². The molecule has 2 aromatic carbocycles. The summed E-state index contributed by atoms with van der Waals surface area (Å²) in [7, 11) is 1.66. The molecule has 44 heavy (non-hydrogen) atoms. The fraction of sp³-hybridized carbons (Fsp3) is 0.294. The van der Waals surface area contributed by atoms with E-state index in [1.807, 2.05) is 36.4 Å². The molecule has 0 bridgehead atoms. The van der Waals surface area contributed by atoms with Gasteiger partial charge in [0.05, 0.1) is 18.8 Å². The zero-order valence-electron chi connectivity index (χ0n) is 25.2. The van der Waals surface area contributed by atoms with Gasteiger partial charge in [-0.05, 0) is 51.9 Å². The Morgan fingerprint density at radius 1 is 1.05 bits per heavy atom. The van der Waals surface area contributed by atoms with Crippen molar-refractivity contribution in [3.8, 4) is 11.1 Å². The van der Waals surface area contributed by atoms with E-state index >= 15 is 0 Å². The summed E-state index contributed by atoms with van der Waals surface area (Å²) >= 11 is 0. The Bertz CT molecular complexity index is 1830. The number of aliphatic hydroxyl groups excluding tert-OH is 1. The highest BCUT2D eigenvalue weighted by Crippen LogP contribution is 2.37. The van der Waals surface area contributed by atoms with Crippen LogP contribution in [0.1, 0.15) is 59.3 Å². The fourth-order valence-corrected chi connectivity index (χ4v) is 5.90. The molecule has 1 fully saturated rings. The number of carbonyl (C=O) groups excluding carboxylic acids is 1. The predicted molar refractivity (Wildman–Crippen MR) is 169 cm³/mol. The van der Waals surface area contributed by atoms with Crippen LogP contribution in [-0.4, -0.2) is 49.8 Å². The van der Waals surface area contributed by atoms with Crippen LogP contribution in [0.5, 0.6) is 0 Å². The zero-order chi connectivity index (χ0) is 31.3. The molecule has 226 valence electrons. The Kier molecular flexibility index (Phi) is 7.25. The minimum atomic E-state index is -0.926. The van der Waals surface area contributed by atoms with Crippen LogP contribution in [0, 0.1) is 0 Å². The number of hydrogen-bond acceptors (Lipinski definition) is 6. The molecule has 2 aromatic heterocycles. The minimum absolute atomic E-state index is 0.0469. The summed E-state index contributed by atoms with van der Waals surface area (Å²) in [4.78, 5) is 45.2. The molecule has 10 nitrogen and oxygen atoms in total. The lowest BCUT2D eigenvalue weighted by Crippen LogP contribution is -2.47. The highest BCUT2D eigenvalue weighted by atomic mass is 16.4. The van der Waals surface area contributed by atoms with E-state index in [-0.39, 0.29) is 29.4 Å². The van der Waals surface area contributed by atoms with E-state index in [2.05, 4.69) is 37.1 Å². The Morgan fingerprint density at radius 3 is 2.48 bits per heavy atom. The smallest absolute Gasteiger partial charge is 0.407 e. The molecule has 2 aliphatic heterocycles. The number of carboxylic acid groups (broad SMARTS) is 1. The third-order valence-electron chi connectivity index (χ3n) is 8.54. The van der Waals surface area contributed by atoms with E-state index in [0.717, 1.165) is 16.7 Å². The molecule has 2 amide bonds. The van der Waals surface area contributed by atoms with Gasteiger partial charge in [-0.3, -0.25) is 9.59 Å². The number of nitrogens with zero attached hydrogens (tertiary/aromatic N) is 4. The van der Waals surface area contributed by atoms with E-state index in [1.165, 1.54) is 9.47 Å². The second kappa shape index (κ2) is 10.9. The number of anilines is 3. The van der Waals surface area contributed by atoms with Gasteiger partial charge in [-0.1, -0.05) is 51.1 Å². The van der Waals surface area contributed by atoms with Crippen LogP contribution in [0.2, 0.25) is 0 Å². The molecule has 0 saturated carbocycles. The molecule has 0 radical (unpaired) electrons. The molecule has 2 aliphatic rings. The van der Waals surface area contributed by atoms with Gasteiger partial charge < -0.3 is 29.9 Å². The highest BCUT2D eigenvalue weighted by molar-refractivity contribution is 6.10. The Labute approximate surface area is 255 Å². The van der Waals surface area contributed by atoms with Gasteiger partial charge in [-0.15, -0.1) is 0 Å². The molecular weight excluding hydrogens is 558 g/mol. The van der Waals surface area contributed by atoms with Crippen LogP contribution < -0.4 is 15.8 Å². The van der Waals surface area contributed by atoms with Crippen LogP contribution in [0.15, 0.2) is 71.8 Å². The quantitative estimate of drug-likeness (QED) is 0.280. The summed E-state index contributed by atoms with van der Waals surface area (Å²) in [5.74, 6) is 0.467. The lowest BCUT2D eigenvalue weighted by Gasteiger charge is -2.37. The number of aliphatic hydroxyl groups is 1. The molecule has 0 atom stereocenters. The Balaban J connectivity index is 1.29. The van der Waals surface area contributed by atoms with Gasteiger partial charge in [-0.25, -0.2) is 9.78 Å². The van der Waals surface area contributed by atoms with Gasteiger partial charge in [0.2, 0.25) is 0 Å². The van der Waals surface area contributed by atoms with Gasteiger partial charge in [0.1, 0.15) is 11.5 Å². The SMILES string of the molecule is Cn1cc(-c2cccc(N3Cc4cc(C(C)(C)C)ccc4C3=O)c2CO)cc(Nc2ccc(C3CN(C(=O)O)C3)cn2)c1=O. The third kappa shape index (κ3) is 5.22. The number of nitrogens with one attached hydrogen (secondary N) is 1. The number of rotatable bonds is 6. The summed E-state index contributed by atoms with van der Waals surface area (Å²) < 4.78 is 1.47. The lowest BCUT2D eigenvalue weighted by molar-refractivity contribution is 0.0995. The molecule has 3 N–H and O–H groups in total. The zero-order valence-corrected chi connectivity index (χ0v) is 25.2. The van der Waals surface area contributed by atoms with Crippen molar-refractivity contribution in [2.45, 2.75) is 45.3 Å². The van der Waals surface area contributed by atoms with Crippen molar-refractivity contribution in [2.75, 3.05) is 23.3 Å². The van der Waals surface area contributed by atoms with E-state index < -0.39 is 6.09 Å². The molecule has 0 spiro atoms. The van der Waals surface area contributed by atoms with Crippen molar-refractivity contribution in [1.82, 2.24) is 14.5 Å². The molecular formula is C34H35N5O5. The van der Waals surface area contributed by atoms with Crippen molar-refractivity contribution in [3.05, 3.63) is 105 Å². The topological polar surface area (TPSA) is 128 Å². The van der Waals surface area contributed by atoms with Crippen molar-refractivity contribution in [2.24, 2.45) is 7.05 Å². The summed E-state index contributed by atoms with van der Waals surface area (Å²) in [5.41, 5.74) is 6.34. The van der Waals surface area contributed by atoms with Gasteiger partial charge in [0.15, 0.2) is 0 Å². The van der Waals surface area contributed by atoms with Crippen LogP contribution in [-0.2, 0) is 25.6 Å². The maximum atomic E-state index is 13.5. The average Bonchev–Trinajstić information content (AvgIpc) is 3.29. The highest BCUT2D eigenvalue weighted by Gasteiger charge is 2.33. The summed E-state index contributed by atoms with van der Waals surface area (Å²) in [6.07, 6.45) is 2.48. The number of aromatic nitrogens is 2. The van der Waals surface area contributed by atoms with Crippen molar-refractivity contribution in [3.63, 3.8) is 0 Å². The van der Waals surface area contributed by atoms with Gasteiger partial charge in [-0.2, -0.15) is 0 Å². The number of amides is 2. The van der Waals surface area contributed by atoms with Crippen LogP contribution in [0.25, 0.3) is 11.1 Å². The van der Waals surface area contributed by atoms with Gasteiger partial charge in [0, 0.05) is 55.1 Å². The Morgan fingerprint density at radius 2 is 1.82 bits per heavy atom. The molecule has 4 aromatic rings. The number of pyridine rings is 2. The first-order chi connectivity index (χ1) is 20.9.